The number of rotatable bonds is 5. The summed E-state index contributed by atoms with van der Waals surface area (Å²) in [7, 11) is -3.45. The Hall–Kier alpha value is -0.820. The van der Waals surface area contributed by atoms with Gasteiger partial charge in [0.1, 0.15) is 5.60 Å². The van der Waals surface area contributed by atoms with Crippen LogP contribution in [0.4, 0.5) is 4.79 Å². The molecule has 0 spiro atoms. The van der Waals surface area contributed by atoms with Crippen LogP contribution >= 0.6 is 0 Å². The van der Waals surface area contributed by atoms with Gasteiger partial charge in [0, 0.05) is 5.54 Å². The molecule has 0 aromatic carbocycles. The lowest BCUT2D eigenvalue weighted by Gasteiger charge is -2.38. The smallest absolute Gasteiger partial charge is 0.408 e. The van der Waals surface area contributed by atoms with E-state index in [4.69, 9.17) is 8.92 Å². The van der Waals surface area contributed by atoms with E-state index in [0.29, 0.717) is 6.42 Å². The molecule has 0 radical (unpaired) electrons. The van der Waals surface area contributed by atoms with Gasteiger partial charge in [-0.1, -0.05) is 19.3 Å². The molecule has 0 aromatic rings. The summed E-state index contributed by atoms with van der Waals surface area (Å²) in [4.78, 5) is 12.0. The molecule has 0 bridgehead atoms. The van der Waals surface area contributed by atoms with Gasteiger partial charge in [0.25, 0.3) is 10.1 Å². The Morgan fingerprint density at radius 3 is 2.24 bits per heavy atom. The Bertz CT molecular complexity index is 446. The molecule has 21 heavy (non-hydrogen) atoms. The lowest BCUT2D eigenvalue weighted by atomic mass is 9.79. The first kappa shape index (κ1) is 18.2. The number of carbonyl (C=O) groups is 1. The van der Waals surface area contributed by atoms with Crippen LogP contribution in [0.15, 0.2) is 0 Å². The highest BCUT2D eigenvalue weighted by Gasteiger charge is 2.35. The van der Waals surface area contributed by atoms with Crippen molar-refractivity contribution in [3.63, 3.8) is 0 Å². The maximum absolute atomic E-state index is 12.0. The summed E-state index contributed by atoms with van der Waals surface area (Å²) in [6, 6.07) is 0. The molecule has 0 heterocycles. The van der Waals surface area contributed by atoms with Crippen molar-refractivity contribution in [1.82, 2.24) is 5.32 Å². The summed E-state index contributed by atoms with van der Waals surface area (Å²) < 4.78 is 32.2. The molecular weight excluding hydrogens is 294 g/mol. The molecule has 0 atom stereocenters. The van der Waals surface area contributed by atoms with E-state index in [2.05, 4.69) is 5.32 Å². The van der Waals surface area contributed by atoms with Crippen LogP contribution in [-0.2, 0) is 19.0 Å². The molecule has 6 nitrogen and oxygen atoms in total. The Morgan fingerprint density at radius 1 is 1.19 bits per heavy atom. The number of carbonyl (C=O) groups excluding carboxylic acids is 1. The Balaban J connectivity index is 2.63. The molecule has 1 amide bonds. The van der Waals surface area contributed by atoms with Gasteiger partial charge in [-0.2, -0.15) is 8.42 Å². The molecule has 1 saturated carbocycles. The van der Waals surface area contributed by atoms with Crippen LogP contribution in [0.1, 0.15) is 59.3 Å². The lowest BCUT2D eigenvalue weighted by molar-refractivity contribution is 0.0404. The minimum atomic E-state index is -3.45. The number of amides is 1. The van der Waals surface area contributed by atoms with Gasteiger partial charge in [0.2, 0.25) is 0 Å². The topological polar surface area (TPSA) is 81.7 Å². The van der Waals surface area contributed by atoms with Gasteiger partial charge in [0.15, 0.2) is 0 Å². The van der Waals surface area contributed by atoms with Crippen molar-refractivity contribution >= 4 is 16.2 Å². The maximum atomic E-state index is 12.0. The zero-order chi connectivity index (χ0) is 16.1. The second-order valence-corrected chi connectivity index (χ2v) is 8.39. The van der Waals surface area contributed by atoms with Gasteiger partial charge in [-0.05, 0) is 40.0 Å². The summed E-state index contributed by atoms with van der Waals surface area (Å²) in [5, 5.41) is 2.94. The minimum Gasteiger partial charge on any atom is -0.444 e. The van der Waals surface area contributed by atoms with Crippen molar-refractivity contribution in [3.8, 4) is 0 Å². The molecule has 7 heteroatoms. The number of ether oxygens (including phenoxy) is 1. The van der Waals surface area contributed by atoms with E-state index in [1.54, 1.807) is 0 Å². The van der Waals surface area contributed by atoms with Crippen molar-refractivity contribution in [2.75, 3.05) is 12.9 Å². The van der Waals surface area contributed by atoms with Crippen molar-refractivity contribution in [2.24, 2.45) is 0 Å². The highest BCUT2D eigenvalue weighted by Crippen LogP contribution is 2.31. The standard InChI is InChI=1S/C14H27NO5S/c1-13(2,3)20-12(16)15-14(8-6-5-7-9-14)10-11-19-21(4,17)18/h5-11H2,1-4H3,(H,15,16). The van der Waals surface area contributed by atoms with Crippen LogP contribution in [0.2, 0.25) is 0 Å². The van der Waals surface area contributed by atoms with Gasteiger partial charge in [-0.25, -0.2) is 4.79 Å². The van der Waals surface area contributed by atoms with Gasteiger partial charge >= 0.3 is 6.09 Å². The average Bonchev–Trinajstić information content (AvgIpc) is 2.25. The molecule has 1 aliphatic rings. The molecule has 1 rings (SSSR count). The zero-order valence-electron chi connectivity index (χ0n) is 13.4. The quantitative estimate of drug-likeness (QED) is 0.787. The van der Waals surface area contributed by atoms with E-state index < -0.39 is 27.4 Å². The van der Waals surface area contributed by atoms with E-state index in [-0.39, 0.29) is 6.61 Å². The molecule has 0 saturated heterocycles. The average molecular weight is 321 g/mol. The number of nitrogens with one attached hydrogen (secondary N) is 1. The SMILES string of the molecule is CC(C)(C)OC(=O)NC1(CCOS(C)(=O)=O)CCCCC1. The normalized spacial score (nSPS) is 19.0. The fourth-order valence-electron chi connectivity index (χ4n) is 2.57. The molecular formula is C14H27NO5S. The molecule has 0 unspecified atom stereocenters. The van der Waals surface area contributed by atoms with Crippen LogP contribution in [0.25, 0.3) is 0 Å². The first-order valence-electron chi connectivity index (χ1n) is 7.37. The fraction of sp³-hybridized carbons (Fsp3) is 0.929. The number of hydrogen-bond donors (Lipinski definition) is 1. The van der Waals surface area contributed by atoms with E-state index >= 15 is 0 Å². The van der Waals surface area contributed by atoms with E-state index in [1.807, 2.05) is 20.8 Å². The number of alkyl carbamates (subject to hydrolysis) is 1. The van der Waals surface area contributed by atoms with Crippen LogP contribution in [0.3, 0.4) is 0 Å². The minimum absolute atomic E-state index is 0.0780. The first-order valence-corrected chi connectivity index (χ1v) is 9.19. The Morgan fingerprint density at radius 2 is 1.76 bits per heavy atom. The second-order valence-electron chi connectivity index (χ2n) is 6.74. The van der Waals surface area contributed by atoms with Crippen molar-refractivity contribution in [3.05, 3.63) is 0 Å². The third-order valence-corrected chi connectivity index (χ3v) is 4.05. The van der Waals surface area contributed by atoms with Crippen molar-refractivity contribution < 1.29 is 22.1 Å². The van der Waals surface area contributed by atoms with E-state index in [0.717, 1.165) is 38.4 Å². The summed E-state index contributed by atoms with van der Waals surface area (Å²) >= 11 is 0. The summed E-state index contributed by atoms with van der Waals surface area (Å²) in [6.07, 6.45) is 5.83. The maximum Gasteiger partial charge on any atom is 0.408 e. The first-order chi connectivity index (χ1) is 9.52. The Labute approximate surface area is 127 Å². The van der Waals surface area contributed by atoms with E-state index in [1.165, 1.54) is 0 Å². The summed E-state index contributed by atoms with van der Waals surface area (Å²) in [5.74, 6) is 0. The van der Waals surface area contributed by atoms with Crippen LogP contribution < -0.4 is 5.32 Å². The predicted molar refractivity (Wildman–Crippen MR) is 80.6 cm³/mol. The highest BCUT2D eigenvalue weighted by atomic mass is 32.2. The third-order valence-electron chi connectivity index (χ3n) is 3.45. The molecule has 0 aliphatic heterocycles. The third kappa shape index (κ3) is 7.66. The van der Waals surface area contributed by atoms with Crippen molar-refractivity contribution in [2.45, 2.75) is 70.4 Å². The van der Waals surface area contributed by atoms with Gasteiger partial charge in [-0.3, -0.25) is 4.18 Å². The van der Waals surface area contributed by atoms with Crippen molar-refractivity contribution in [1.29, 1.82) is 0 Å². The van der Waals surface area contributed by atoms with Gasteiger partial charge < -0.3 is 10.1 Å². The van der Waals surface area contributed by atoms with Gasteiger partial charge in [0.05, 0.1) is 12.9 Å². The predicted octanol–water partition coefficient (Wildman–Crippen LogP) is 2.58. The molecule has 1 N–H and O–H groups in total. The fourth-order valence-corrected chi connectivity index (χ4v) is 2.96. The molecule has 1 aliphatic carbocycles. The van der Waals surface area contributed by atoms with Crippen LogP contribution in [-0.4, -0.2) is 38.5 Å². The highest BCUT2D eigenvalue weighted by molar-refractivity contribution is 7.85. The summed E-state index contributed by atoms with van der Waals surface area (Å²) in [6.45, 7) is 5.52. The number of hydrogen-bond acceptors (Lipinski definition) is 5. The Kier molecular flexibility index (Phi) is 6.04. The molecule has 124 valence electrons. The molecule has 1 fully saturated rings. The monoisotopic (exact) mass is 321 g/mol. The second kappa shape index (κ2) is 6.96. The zero-order valence-corrected chi connectivity index (χ0v) is 14.2. The summed E-state index contributed by atoms with van der Waals surface area (Å²) in [5.41, 5.74) is -0.978. The molecule has 0 aromatic heterocycles. The largest absolute Gasteiger partial charge is 0.444 e. The van der Waals surface area contributed by atoms with Crippen LogP contribution in [0, 0.1) is 0 Å². The van der Waals surface area contributed by atoms with Gasteiger partial charge in [-0.15, -0.1) is 0 Å². The van der Waals surface area contributed by atoms with Crippen LogP contribution in [0.5, 0.6) is 0 Å². The van der Waals surface area contributed by atoms with E-state index in [9.17, 15) is 13.2 Å². The lowest BCUT2D eigenvalue weighted by Crippen LogP contribution is -2.51.